The lowest BCUT2D eigenvalue weighted by Gasteiger charge is -2.12. The van der Waals surface area contributed by atoms with Crippen LogP contribution in [0.2, 0.25) is 0 Å². The van der Waals surface area contributed by atoms with Crippen LogP contribution in [0.4, 0.5) is 23.2 Å². The van der Waals surface area contributed by atoms with E-state index in [2.05, 4.69) is 15.4 Å². The summed E-state index contributed by atoms with van der Waals surface area (Å²) < 4.78 is 60.4. The Morgan fingerprint density at radius 1 is 1.07 bits per heavy atom. The number of amides is 2. The van der Waals surface area contributed by atoms with Crippen molar-refractivity contribution in [3.8, 4) is 11.5 Å². The standard InChI is InChI=1S/C19H18F4N2O4/c1-28-15-7-5-12(10-16(15)29-19(22)23)25-17(26)3-2-8-24-18(27)13-6-4-11(20)9-14(13)21/h4-7,9-10,19H,2-3,8H2,1H3,(H,24,27)(H,25,26). The fraction of sp³-hybridized carbons (Fsp3) is 0.263. The number of alkyl halides is 2. The first-order valence-corrected chi connectivity index (χ1v) is 8.46. The molecule has 2 N–H and O–H groups in total. The molecule has 0 atom stereocenters. The number of hydrogen-bond donors (Lipinski definition) is 2. The van der Waals surface area contributed by atoms with E-state index < -0.39 is 30.1 Å². The highest BCUT2D eigenvalue weighted by molar-refractivity contribution is 5.94. The zero-order valence-corrected chi connectivity index (χ0v) is 15.3. The zero-order chi connectivity index (χ0) is 21.4. The molecule has 29 heavy (non-hydrogen) atoms. The Balaban J connectivity index is 1.82. The van der Waals surface area contributed by atoms with Crippen molar-refractivity contribution in [1.29, 1.82) is 0 Å². The molecule has 0 aromatic heterocycles. The van der Waals surface area contributed by atoms with E-state index in [1.165, 1.54) is 25.3 Å². The summed E-state index contributed by atoms with van der Waals surface area (Å²) in [5, 5.41) is 4.93. The molecular weight excluding hydrogens is 396 g/mol. The molecule has 0 saturated heterocycles. The van der Waals surface area contributed by atoms with Crippen LogP contribution in [0, 0.1) is 11.6 Å². The topological polar surface area (TPSA) is 76.7 Å². The van der Waals surface area contributed by atoms with Crippen molar-refractivity contribution < 1.29 is 36.6 Å². The van der Waals surface area contributed by atoms with Gasteiger partial charge >= 0.3 is 6.61 Å². The van der Waals surface area contributed by atoms with Gasteiger partial charge in [-0.3, -0.25) is 9.59 Å². The molecule has 2 aromatic carbocycles. The van der Waals surface area contributed by atoms with Crippen LogP contribution in [-0.2, 0) is 4.79 Å². The molecule has 2 rings (SSSR count). The van der Waals surface area contributed by atoms with Crippen molar-refractivity contribution in [2.24, 2.45) is 0 Å². The second-order valence-corrected chi connectivity index (χ2v) is 5.78. The van der Waals surface area contributed by atoms with Gasteiger partial charge in [-0.15, -0.1) is 0 Å². The molecule has 0 aliphatic rings. The van der Waals surface area contributed by atoms with Gasteiger partial charge in [-0.1, -0.05) is 0 Å². The molecule has 0 unspecified atom stereocenters. The normalized spacial score (nSPS) is 10.6. The molecule has 0 heterocycles. The maximum absolute atomic E-state index is 13.5. The molecule has 0 aliphatic heterocycles. The molecule has 0 aliphatic carbocycles. The molecule has 0 radical (unpaired) electrons. The highest BCUT2D eigenvalue weighted by Gasteiger charge is 2.14. The van der Waals surface area contributed by atoms with E-state index in [4.69, 9.17) is 4.74 Å². The SMILES string of the molecule is COc1ccc(NC(=O)CCCNC(=O)c2ccc(F)cc2F)cc1OC(F)F. The summed E-state index contributed by atoms with van der Waals surface area (Å²) in [7, 11) is 1.29. The first kappa shape index (κ1) is 22.0. The molecule has 10 heteroatoms. The molecule has 6 nitrogen and oxygen atoms in total. The zero-order valence-electron chi connectivity index (χ0n) is 15.3. The van der Waals surface area contributed by atoms with Crippen molar-refractivity contribution in [3.05, 3.63) is 53.6 Å². The monoisotopic (exact) mass is 414 g/mol. The molecule has 0 spiro atoms. The van der Waals surface area contributed by atoms with E-state index in [1.54, 1.807) is 0 Å². The minimum absolute atomic E-state index is 0.00322. The molecule has 0 saturated carbocycles. The smallest absolute Gasteiger partial charge is 0.387 e. The largest absolute Gasteiger partial charge is 0.493 e. The van der Waals surface area contributed by atoms with E-state index in [9.17, 15) is 27.2 Å². The molecule has 0 bridgehead atoms. The molecular formula is C19H18F4N2O4. The van der Waals surface area contributed by atoms with Gasteiger partial charge in [0.1, 0.15) is 11.6 Å². The van der Waals surface area contributed by atoms with Crippen LogP contribution in [0.1, 0.15) is 23.2 Å². The molecule has 2 amide bonds. The fourth-order valence-electron chi connectivity index (χ4n) is 2.39. The predicted octanol–water partition coefficient (Wildman–Crippen LogP) is 3.72. The number of halogens is 4. The third-order valence-corrected chi connectivity index (χ3v) is 3.71. The first-order valence-electron chi connectivity index (χ1n) is 8.46. The minimum atomic E-state index is -3.05. The van der Waals surface area contributed by atoms with Crippen LogP contribution in [0.25, 0.3) is 0 Å². The lowest BCUT2D eigenvalue weighted by Crippen LogP contribution is -2.26. The fourth-order valence-corrected chi connectivity index (χ4v) is 2.39. The van der Waals surface area contributed by atoms with Crippen LogP contribution in [0.3, 0.4) is 0 Å². The number of rotatable bonds is 9. The van der Waals surface area contributed by atoms with Crippen molar-refractivity contribution in [2.75, 3.05) is 19.0 Å². The summed E-state index contributed by atoms with van der Waals surface area (Å²) in [6, 6.07) is 6.60. The third-order valence-electron chi connectivity index (χ3n) is 3.71. The highest BCUT2D eigenvalue weighted by Crippen LogP contribution is 2.31. The summed E-state index contributed by atoms with van der Waals surface area (Å²) in [5.74, 6) is -3.09. The highest BCUT2D eigenvalue weighted by atomic mass is 19.3. The van der Waals surface area contributed by atoms with Crippen LogP contribution < -0.4 is 20.1 Å². The van der Waals surface area contributed by atoms with E-state index in [1.807, 2.05) is 0 Å². The van der Waals surface area contributed by atoms with Crippen LogP contribution in [0.5, 0.6) is 11.5 Å². The Morgan fingerprint density at radius 3 is 2.48 bits per heavy atom. The number of anilines is 1. The van der Waals surface area contributed by atoms with Gasteiger partial charge in [-0.05, 0) is 30.7 Å². The van der Waals surface area contributed by atoms with Crippen LogP contribution >= 0.6 is 0 Å². The summed E-state index contributed by atoms with van der Waals surface area (Å²) >= 11 is 0. The third kappa shape index (κ3) is 6.66. The second-order valence-electron chi connectivity index (χ2n) is 5.78. The number of benzene rings is 2. The number of ether oxygens (including phenoxy) is 2. The summed E-state index contributed by atoms with van der Waals surface area (Å²) in [6.45, 7) is -2.98. The van der Waals surface area contributed by atoms with E-state index >= 15 is 0 Å². The van der Waals surface area contributed by atoms with Crippen LogP contribution in [0.15, 0.2) is 36.4 Å². The number of carbonyl (C=O) groups is 2. The Kier molecular flexibility index (Phi) is 7.81. The summed E-state index contributed by atoms with van der Waals surface area (Å²) in [5.41, 5.74) is -0.0792. The van der Waals surface area contributed by atoms with E-state index in [0.717, 1.165) is 12.1 Å². The second kappa shape index (κ2) is 10.3. The van der Waals surface area contributed by atoms with Gasteiger partial charge in [0.2, 0.25) is 5.91 Å². The van der Waals surface area contributed by atoms with Crippen molar-refractivity contribution in [2.45, 2.75) is 19.5 Å². The molecule has 2 aromatic rings. The minimum Gasteiger partial charge on any atom is -0.493 e. The Hall–Kier alpha value is -3.30. The van der Waals surface area contributed by atoms with E-state index in [-0.39, 0.29) is 42.1 Å². The van der Waals surface area contributed by atoms with Gasteiger partial charge < -0.3 is 20.1 Å². The first-order chi connectivity index (χ1) is 13.8. The predicted molar refractivity (Wildman–Crippen MR) is 96.2 cm³/mol. The van der Waals surface area contributed by atoms with Gasteiger partial charge in [-0.25, -0.2) is 8.78 Å². The average Bonchev–Trinajstić information content (AvgIpc) is 2.65. The quantitative estimate of drug-likeness (QED) is 0.484. The van der Waals surface area contributed by atoms with Gasteiger partial charge in [0, 0.05) is 30.8 Å². The molecule has 0 fully saturated rings. The van der Waals surface area contributed by atoms with Gasteiger partial charge in [0.05, 0.1) is 12.7 Å². The van der Waals surface area contributed by atoms with Crippen LogP contribution in [-0.4, -0.2) is 32.1 Å². The maximum atomic E-state index is 13.5. The Morgan fingerprint density at radius 2 is 1.83 bits per heavy atom. The Bertz CT molecular complexity index is 877. The van der Waals surface area contributed by atoms with Gasteiger partial charge in [0.15, 0.2) is 11.5 Å². The summed E-state index contributed by atoms with van der Waals surface area (Å²) in [4.78, 5) is 23.8. The van der Waals surface area contributed by atoms with Crippen molar-refractivity contribution >= 4 is 17.5 Å². The maximum Gasteiger partial charge on any atom is 0.387 e. The number of nitrogens with one attached hydrogen (secondary N) is 2. The number of carbonyl (C=O) groups excluding carboxylic acids is 2. The number of methoxy groups -OCH3 is 1. The van der Waals surface area contributed by atoms with Crippen molar-refractivity contribution in [3.63, 3.8) is 0 Å². The van der Waals surface area contributed by atoms with E-state index in [0.29, 0.717) is 6.07 Å². The average molecular weight is 414 g/mol. The molecule has 156 valence electrons. The number of hydrogen-bond acceptors (Lipinski definition) is 4. The Labute approximate surface area is 163 Å². The lowest BCUT2D eigenvalue weighted by atomic mass is 10.2. The summed E-state index contributed by atoms with van der Waals surface area (Å²) in [6.07, 6.45) is 0.236. The van der Waals surface area contributed by atoms with Gasteiger partial charge in [-0.2, -0.15) is 8.78 Å². The van der Waals surface area contributed by atoms with Crippen molar-refractivity contribution in [1.82, 2.24) is 5.32 Å². The van der Waals surface area contributed by atoms with Gasteiger partial charge in [0.25, 0.3) is 5.91 Å². The lowest BCUT2D eigenvalue weighted by molar-refractivity contribution is -0.116.